The second kappa shape index (κ2) is 7.13. The van der Waals surface area contributed by atoms with Crippen LogP contribution in [0.5, 0.6) is 11.5 Å². The van der Waals surface area contributed by atoms with Crippen LogP contribution in [-0.4, -0.2) is 19.6 Å². The number of carbonyl (C=O) groups excluding carboxylic acids is 1. The maximum absolute atomic E-state index is 12.2. The van der Waals surface area contributed by atoms with Crippen molar-refractivity contribution in [1.82, 2.24) is 0 Å². The van der Waals surface area contributed by atoms with Gasteiger partial charge in [0.1, 0.15) is 0 Å². The molecule has 2 aromatic carbocycles. The molecule has 2 aromatic rings. The molecule has 0 atom stereocenters. The molecule has 4 nitrogen and oxygen atoms in total. The molecule has 0 saturated heterocycles. The van der Waals surface area contributed by atoms with Crippen LogP contribution >= 0.6 is 15.9 Å². The first-order valence-corrected chi connectivity index (χ1v) is 7.31. The van der Waals surface area contributed by atoms with E-state index < -0.39 is 0 Å². The molecule has 0 aliphatic carbocycles. The van der Waals surface area contributed by atoms with E-state index in [1.54, 1.807) is 25.3 Å². The van der Waals surface area contributed by atoms with Crippen molar-refractivity contribution in [2.24, 2.45) is 0 Å². The Labute approximate surface area is 132 Å². The minimum Gasteiger partial charge on any atom is -0.493 e. The van der Waals surface area contributed by atoms with Crippen LogP contribution in [0.25, 0.3) is 0 Å². The number of anilines is 1. The highest BCUT2D eigenvalue weighted by atomic mass is 79.9. The first-order chi connectivity index (χ1) is 10.1. The molecule has 21 heavy (non-hydrogen) atoms. The number of halogens is 1. The van der Waals surface area contributed by atoms with Crippen LogP contribution in [0.1, 0.15) is 17.3 Å². The molecule has 0 heterocycles. The summed E-state index contributed by atoms with van der Waals surface area (Å²) >= 11 is 3.35. The standard InChI is InChI=1S/C16H16BrNO3/c1-3-21-14-9-4-11(10-15(14)20-2)16(19)18-13-7-5-12(17)6-8-13/h4-10H,3H2,1-2H3,(H,18,19). The summed E-state index contributed by atoms with van der Waals surface area (Å²) in [6.07, 6.45) is 0. The average Bonchev–Trinajstić information content (AvgIpc) is 2.50. The molecular weight excluding hydrogens is 334 g/mol. The third-order valence-corrected chi connectivity index (χ3v) is 3.36. The lowest BCUT2D eigenvalue weighted by Crippen LogP contribution is -2.12. The molecule has 0 radical (unpaired) electrons. The van der Waals surface area contributed by atoms with Crippen LogP contribution < -0.4 is 14.8 Å². The zero-order valence-electron chi connectivity index (χ0n) is 11.9. The summed E-state index contributed by atoms with van der Waals surface area (Å²) < 4.78 is 11.6. The van der Waals surface area contributed by atoms with Gasteiger partial charge in [-0.1, -0.05) is 15.9 Å². The van der Waals surface area contributed by atoms with Gasteiger partial charge in [0.2, 0.25) is 0 Å². The van der Waals surface area contributed by atoms with Gasteiger partial charge in [-0.3, -0.25) is 4.79 Å². The van der Waals surface area contributed by atoms with Crippen LogP contribution in [0, 0.1) is 0 Å². The topological polar surface area (TPSA) is 47.6 Å². The van der Waals surface area contributed by atoms with Crippen molar-refractivity contribution in [3.8, 4) is 11.5 Å². The molecule has 110 valence electrons. The number of benzene rings is 2. The number of ether oxygens (including phenoxy) is 2. The van der Waals surface area contributed by atoms with E-state index in [-0.39, 0.29) is 5.91 Å². The van der Waals surface area contributed by atoms with E-state index in [1.165, 1.54) is 0 Å². The van der Waals surface area contributed by atoms with Crippen molar-refractivity contribution >= 4 is 27.5 Å². The molecule has 5 heteroatoms. The normalized spacial score (nSPS) is 10.0. The van der Waals surface area contributed by atoms with Gasteiger partial charge in [-0.2, -0.15) is 0 Å². The van der Waals surface area contributed by atoms with Crippen LogP contribution in [0.3, 0.4) is 0 Å². The number of carbonyl (C=O) groups is 1. The minimum atomic E-state index is -0.196. The molecule has 1 amide bonds. The zero-order valence-corrected chi connectivity index (χ0v) is 13.4. The van der Waals surface area contributed by atoms with Crippen LogP contribution in [0.15, 0.2) is 46.9 Å². The Morgan fingerprint density at radius 3 is 2.48 bits per heavy atom. The fourth-order valence-electron chi connectivity index (χ4n) is 1.82. The van der Waals surface area contributed by atoms with Gasteiger partial charge in [0.05, 0.1) is 13.7 Å². The first-order valence-electron chi connectivity index (χ1n) is 6.51. The second-order valence-corrected chi connectivity index (χ2v) is 5.18. The zero-order chi connectivity index (χ0) is 15.2. The molecule has 2 rings (SSSR count). The lowest BCUT2D eigenvalue weighted by Gasteiger charge is -2.11. The Morgan fingerprint density at radius 2 is 1.86 bits per heavy atom. The Morgan fingerprint density at radius 1 is 1.14 bits per heavy atom. The van der Waals surface area contributed by atoms with Gasteiger partial charge < -0.3 is 14.8 Å². The van der Waals surface area contributed by atoms with Crippen LogP contribution in [0.2, 0.25) is 0 Å². The summed E-state index contributed by atoms with van der Waals surface area (Å²) in [5.74, 6) is 0.971. The van der Waals surface area contributed by atoms with E-state index in [2.05, 4.69) is 21.2 Å². The fraction of sp³-hybridized carbons (Fsp3) is 0.188. The van der Waals surface area contributed by atoms with E-state index in [4.69, 9.17) is 9.47 Å². The Hall–Kier alpha value is -2.01. The largest absolute Gasteiger partial charge is 0.493 e. The van der Waals surface area contributed by atoms with E-state index >= 15 is 0 Å². The van der Waals surface area contributed by atoms with Gasteiger partial charge in [0.15, 0.2) is 11.5 Å². The Balaban J connectivity index is 2.17. The monoisotopic (exact) mass is 349 g/mol. The maximum Gasteiger partial charge on any atom is 0.255 e. The number of amides is 1. The van der Waals surface area contributed by atoms with E-state index in [0.29, 0.717) is 23.7 Å². The van der Waals surface area contributed by atoms with Gasteiger partial charge in [-0.25, -0.2) is 0 Å². The van der Waals surface area contributed by atoms with Gasteiger partial charge >= 0.3 is 0 Å². The highest BCUT2D eigenvalue weighted by Gasteiger charge is 2.11. The Bertz CT molecular complexity index is 626. The summed E-state index contributed by atoms with van der Waals surface area (Å²) in [6, 6.07) is 12.5. The molecule has 0 saturated carbocycles. The third-order valence-electron chi connectivity index (χ3n) is 2.83. The van der Waals surface area contributed by atoms with E-state index in [9.17, 15) is 4.79 Å². The molecule has 1 N–H and O–H groups in total. The third kappa shape index (κ3) is 3.98. The number of rotatable bonds is 5. The molecule has 0 spiro atoms. The summed E-state index contributed by atoms with van der Waals surface area (Å²) in [4.78, 5) is 12.2. The summed E-state index contributed by atoms with van der Waals surface area (Å²) in [7, 11) is 1.55. The van der Waals surface area contributed by atoms with Crippen molar-refractivity contribution in [2.75, 3.05) is 19.0 Å². The smallest absolute Gasteiger partial charge is 0.255 e. The lowest BCUT2D eigenvalue weighted by atomic mass is 10.2. The van der Waals surface area contributed by atoms with Crippen molar-refractivity contribution in [1.29, 1.82) is 0 Å². The van der Waals surface area contributed by atoms with Crippen LogP contribution in [0.4, 0.5) is 5.69 Å². The highest BCUT2D eigenvalue weighted by molar-refractivity contribution is 9.10. The van der Waals surface area contributed by atoms with Crippen molar-refractivity contribution in [3.63, 3.8) is 0 Å². The van der Waals surface area contributed by atoms with Gasteiger partial charge in [0, 0.05) is 15.7 Å². The van der Waals surface area contributed by atoms with Crippen molar-refractivity contribution < 1.29 is 14.3 Å². The molecule has 0 fully saturated rings. The minimum absolute atomic E-state index is 0.196. The predicted octanol–water partition coefficient (Wildman–Crippen LogP) is 4.11. The van der Waals surface area contributed by atoms with Gasteiger partial charge in [-0.05, 0) is 49.4 Å². The number of methoxy groups -OCH3 is 1. The van der Waals surface area contributed by atoms with Crippen molar-refractivity contribution in [2.45, 2.75) is 6.92 Å². The number of hydrogen-bond acceptors (Lipinski definition) is 3. The molecule has 0 unspecified atom stereocenters. The molecule has 0 bridgehead atoms. The van der Waals surface area contributed by atoms with Crippen molar-refractivity contribution in [3.05, 3.63) is 52.5 Å². The van der Waals surface area contributed by atoms with E-state index in [0.717, 1.165) is 10.2 Å². The number of hydrogen-bond donors (Lipinski definition) is 1. The SMILES string of the molecule is CCOc1ccc(C(=O)Nc2ccc(Br)cc2)cc1OC. The average molecular weight is 350 g/mol. The predicted molar refractivity (Wildman–Crippen MR) is 86.3 cm³/mol. The Kier molecular flexibility index (Phi) is 5.22. The van der Waals surface area contributed by atoms with Gasteiger partial charge in [-0.15, -0.1) is 0 Å². The maximum atomic E-state index is 12.2. The van der Waals surface area contributed by atoms with Gasteiger partial charge in [0.25, 0.3) is 5.91 Å². The highest BCUT2D eigenvalue weighted by Crippen LogP contribution is 2.28. The molecular formula is C16H16BrNO3. The summed E-state index contributed by atoms with van der Waals surface area (Å²) in [6.45, 7) is 2.44. The molecule has 0 aliphatic rings. The second-order valence-electron chi connectivity index (χ2n) is 4.26. The molecule has 0 aliphatic heterocycles. The fourth-order valence-corrected chi connectivity index (χ4v) is 2.08. The van der Waals surface area contributed by atoms with E-state index in [1.807, 2.05) is 31.2 Å². The summed E-state index contributed by atoms with van der Waals surface area (Å²) in [5, 5.41) is 2.83. The quantitative estimate of drug-likeness (QED) is 0.883. The lowest BCUT2D eigenvalue weighted by molar-refractivity contribution is 0.102. The number of nitrogens with one attached hydrogen (secondary N) is 1. The summed E-state index contributed by atoms with van der Waals surface area (Å²) in [5.41, 5.74) is 1.24. The molecule has 0 aromatic heterocycles. The first kappa shape index (κ1) is 15.4. The van der Waals surface area contributed by atoms with Crippen LogP contribution in [-0.2, 0) is 0 Å².